The lowest BCUT2D eigenvalue weighted by molar-refractivity contribution is -0.113. The molecule has 3 aromatic carbocycles. The number of rotatable bonds is 9. The lowest BCUT2D eigenvalue weighted by atomic mass is 9.94. The van der Waals surface area contributed by atoms with Crippen LogP contribution in [0.25, 0.3) is 17.4 Å². The van der Waals surface area contributed by atoms with E-state index in [1.54, 1.807) is 82.5 Å². The van der Waals surface area contributed by atoms with Gasteiger partial charge in [-0.1, -0.05) is 35.6 Å². The topological polar surface area (TPSA) is 121 Å². The van der Waals surface area contributed by atoms with Crippen molar-refractivity contribution in [3.05, 3.63) is 132 Å². The average Bonchev–Trinajstić information content (AvgIpc) is 3.67. The van der Waals surface area contributed by atoms with Gasteiger partial charge in [-0.05, 0) is 81.8 Å². The molecule has 250 valence electrons. The fourth-order valence-corrected chi connectivity index (χ4v) is 6.75. The Kier molecular flexibility index (Phi) is 9.37. The van der Waals surface area contributed by atoms with Crippen molar-refractivity contribution in [1.29, 1.82) is 0 Å². The maximum atomic E-state index is 14.2. The van der Waals surface area contributed by atoms with E-state index in [-0.39, 0.29) is 23.5 Å². The molecule has 1 aliphatic heterocycles. The van der Waals surface area contributed by atoms with Gasteiger partial charge >= 0.3 is 5.97 Å². The highest BCUT2D eigenvalue weighted by Gasteiger charge is 2.34. The maximum absolute atomic E-state index is 14.2. The van der Waals surface area contributed by atoms with Crippen molar-refractivity contribution < 1.29 is 28.2 Å². The number of fused-ring (bicyclic) bond motifs is 1. The lowest BCUT2D eigenvalue weighted by Crippen LogP contribution is -2.40. The van der Waals surface area contributed by atoms with Gasteiger partial charge < -0.3 is 23.9 Å². The Morgan fingerprint density at radius 1 is 0.980 bits per heavy atom. The van der Waals surface area contributed by atoms with Crippen LogP contribution in [0.5, 0.6) is 11.5 Å². The van der Waals surface area contributed by atoms with E-state index in [4.69, 9.17) is 23.6 Å². The second-order valence-corrected chi connectivity index (χ2v) is 12.7. The average molecular weight is 678 g/mol. The zero-order valence-electron chi connectivity index (χ0n) is 27.9. The van der Waals surface area contributed by atoms with Crippen LogP contribution in [0.1, 0.15) is 54.1 Å². The van der Waals surface area contributed by atoms with E-state index in [1.165, 1.54) is 23.0 Å². The highest BCUT2D eigenvalue weighted by atomic mass is 32.1. The van der Waals surface area contributed by atoms with Gasteiger partial charge in [0.25, 0.3) is 11.5 Å². The number of aromatic nitrogens is 1. The number of nitrogens with one attached hydrogen (secondary N) is 1. The van der Waals surface area contributed by atoms with Crippen molar-refractivity contribution in [2.45, 2.75) is 39.8 Å². The Labute approximate surface area is 286 Å². The Morgan fingerprint density at radius 3 is 2.45 bits per heavy atom. The quantitative estimate of drug-likeness (QED) is 0.189. The third-order valence-electron chi connectivity index (χ3n) is 8.00. The van der Waals surface area contributed by atoms with Crippen LogP contribution in [0, 0.1) is 6.92 Å². The van der Waals surface area contributed by atoms with Crippen LogP contribution in [0.3, 0.4) is 0 Å². The molecule has 1 amide bonds. The molecule has 1 atom stereocenters. The number of carbonyl (C=O) groups is 2. The minimum absolute atomic E-state index is 0.221. The molecule has 0 aliphatic carbocycles. The van der Waals surface area contributed by atoms with E-state index in [2.05, 4.69) is 5.32 Å². The molecule has 0 saturated heterocycles. The number of para-hydroxylation sites is 1. The first-order chi connectivity index (χ1) is 23.6. The zero-order valence-corrected chi connectivity index (χ0v) is 28.7. The number of hydrogen-bond donors (Lipinski definition) is 1. The Morgan fingerprint density at radius 2 is 1.76 bits per heavy atom. The van der Waals surface area contributed by atoms with Gasteiger partial charge in [-0.2, -0.15) is 0 Å². The number of aryl methyl sites for hydroxylation is 1. The summed E-state index contributed by atoms with van der Waals surface area (Å²) in [4.78, 5) is 45.7. The smallest absolute Gasteiger partial charge is 0.338 e. The van der Waals surface area contributed by atoms with Crippen LogP contribution in [0.2, 0.25) is 0 Å². The number of ether oxygens (including phenoxy) is 3. The van der Waals surface area contributed by atoms with Gasteiger partial charge in [-0.3, -0.25) is 14.2 Å². The number of carbonyl (C=O) groups excluding carboxylic acids is 2. The molecule has 0 unspecified atom stereocenters. The summed E-state index contributed by atoms with van der Waals surface area (Å²) in [5.74, 6) is 1.28. The molecule has 5 aromatic rings. The molecular weight excluding hydrogens is 642 g/mol. The predicted molar refractivity (Wildman–Crippen MR) is 188 cm³/mol. The second kappa shape index (κ2) is 13.8. The van der Waals surface area contributed by atoms with Crippen molar-refractivity contribution in [2.75, 3.05) is 19.5 Å². The van der Waals surface area contributed by atoms with Gasteiger partial charge in [0.05, 0.1) is 41.7 Å². The number of amides is 1. The van der Waals surface area contributed by atoms with Crippen LogP contribution in [-0.4, -0.2) is 36.8 Å². The van der Waals surface area contributed by atoms with Crippen LogP contribution in [-0.2, 0) is 9.53 Å². The minimum Gasteiger partial charge on any atom is -0.497 e. The third kappa shape index (κ3) is 6.70. The summed E-state index contributed by atoms with van der Waals surface area (Å²) in [7, 11) is 3.09. The number of nitrogens with zero attached hydrogens (tertiary/aromatic N) is 2. The molecular formula is C38H35N3O7S. The molecule has 0 spiro atoms. The molecule has 11 heteroatoms. The van der Waals surface area contributed by atoms with E-state index >= 15 is 0 Å². The molecule has 0 radical (unpaired) electrons. The molecule has 2 aromatic heterocycles. The normalized spacial score (nSPS) is 14.3. The van der Waals surface area contributed by atoms with Gasteiger partial charge in [-0.15, -0.1) is 0 Å². The number of thiazole rings is 1. The number of hydrogen-bond acceptors (Lipinski definition) is 9. The fraction of sp³-hybridized carbons (Fsp3) is 0.211. The number of anilines is 1. The SMILES string of the molecule is COc1ccc([C@H]2C(C(=O)Nc3ccccc3)=C(C)N=c3s/c(=C/c4ccc(-c5ccc(C(=O)OC(C)C)cc5C)o4)c(=O)n32)c(OC)c1. The first-order valence-corrected chi connectivity index (χ1v) is 16.4. The summed E-state index contributed by atoms with van der Waals surface area (Å²) < 4.78 is 24.6. The summed E-state index contributed by atoms with van der Waals surface area (Å²) in [6.45, 7) is 7.26. The zero-order chi connectivity index (χ0) is 34.8. The minimum atomic E-state index is -0.848. The molecule has 3 heterocycles. The van der Waals surface area contributed by atoms with Crippen LogP contribution >= 0.6 is 11.3 Å². The molecule has 49 heavy (non-hydrogen) atoms. The third-order valence-corrected chi connectivity index (χ3v) is 8.99. The van der Waals surface area contributed by atoms with Crippen molar-refractivity contribution in [3.8, 4) is 22.8 Å². The highest BCUT2D eigenvalue weighted by Crippen LogP contribution is 2.37. The van der Waals surface area contributed by atoms with Crippen molar-refractivity contribution in [1.82, 2.24) is 4.57 Å². The summed E-state index contributed by atoms with van der Waals surface area (Å²) in [5.41, 5.74) is 3.74. The first-order valence-electron chi connectivity index (χ1n) is 15.6. The Hall–Kier alpha value is -5.68. The molecule has 0 saturated carbocycles. The Bertz CT molecular complexity index is 2280. The van der Waals surface area contributed by atoms with E-state index in [0.717, 1.165) is 11.1 Å². The lowest BCUT2D eigenvalue weighted by Gasteiger charge is -2.26. The monoisotopic (exact) mass is 677 g/mol. The van der Waals surface area contributed by atoms with Gasteiger partial charge in [0.15, 0.2) is 4.80 Å². The summed E-state index contributed by atoms with van der Waals surface area (Å²) >= 11 is 1.20. The number of methoxy groups -OCH3 is 2. The molecule has 10 nitrogen and oxygen atoms in total. The molecule has 6 rings (SSSR count). The standard InChI is InChI=1S/C38H35N3O7S/c1-21(2)47-37(44)24-12-15-28(22(3)18-24)30-17-14-27(48-30)20-32-36(43)41-34(29-16-13-26(45-5)19-31(29)46-6)33(23(4)39-38(41)49-32)35(42)40-25-10-8-7-9-11-25/h7-21,34H,1-6H3,(H,40,42)/b32-20+/t34-/m0/s1. The summed E-state index contributed by atoms with van der Waals surface area (Å²) in [5, 5.41) is 2.96. The predicted octanol–water partition coefficient (Wildman–Crippen LogP) is 6.02. The highest BCUT2D eigenvalue weighted by molar-refractivity contribution is 7.07. The van der Waals surface area contributed by atoms with Crippen LogP contribution < -0.4 is 29.7 Å². The van der Waals surface area contributed by atoms with Gasteiger partial charge in [0.1, 0.15) is 29.1 Å². The molecule has 1 aliphatic rings. The van der Waals surface area contributed by atoms with E-state index in [9.17, 15) is 14.4 Å². The van der Waals surface area contributed by atoms with E-state index in [0.29, 0.717) is 60.4 Å². The number of benzene rings is 3. The van der Waals surface area contributed by atoms with Crippen molar-refractivity contribution in [2.24, 2.45) is 4.99 Å². The molecule has 0 bridgehead atoms. The van der Waals surface area contributed by atoms with Gasteiger partial charge in [0.2, 0.25) is 0 Å². The fourth-order valence-electron chi connectivity index (χ4n) is 5.72. The largest absolute Gasteiger partial charge is 0.497 e. The number of esters is 1. The van der Waals surface area contributed by atoms with Crippen molar-refractivity contribution >= 4 is 35.0 Å². The maximum Gasteiger partial charge on any atom is 0.338 e. The Balaban J connectivity index is 1.42. The van der Waals surface area contributed by atoms with E-state index < -0.39 is 6.04 Å². The number of furan rings is 1. The number of allylic oxidation sites excluding steroid dienone is 1. The van der Waals surface area contributed by atoms with Crippen molar-refractivity contribution in [3.63, 3.8) is 0 Å². The summed E-state index contributed by atoms with van der Waals surface area (Å²) in [6, 6.07) is 22.4. The molecule has 0 fully saturated rings. The second-order valence-electron chi connectivity index (χ2n) is 11.7. The van der Waals surface area contributed by atoms with Crippen LogP contribution in [0.15, 0.2) is 104 Å². The van der Waals surface area contributed by atoms with Gasteiger partial charge in [-0.25, -0.2) is 9.79 Å². The van der Waals surface area contributed by atoms with Crippen LogP contribution in [0.4, 0.5) is 5.69 Å². The summed E-state index contributed by atoms with van der Waals surface area (Å²) in [6.07, 6.45) is 1.45. The van der Waals surface area contributed by atoms with Gasteiger partial charge in [0, 0.05) is 29.0 Å². The van der Waals surface area contributed by atoms with E-state index in [1.807, 2.05) is 37.3 Å². The molecule has 1 N–H and O–H groups in total. The first kappa shape index (κ1) is 33.2.